The summed E-state index contributed by atoms with van der Waals surface area (Å²) >= 11 is 0. The molecule has 138 valence electrons. The lowest BCUT2D eigenvalue weighted by Gasteiger charge is -2.25. The highest BCUT2D eigenvalue weighted by atomic mass is 16.5. The second-order valence-electron chi connectivity index (χ2n) is 6.59. The Labute approximate surface area is 147 Å². The number of nitrogens with zero attached hydrogens (tertiary/aromatic N) is 1. The molecule has 0 saturated carbocycles. The van der Waals surface area contributed by atoms with Crippen LogP contribution in [0.2, 0.25) is 0 Å². The predicted molar refractivity (Wildman–Crippen MR) is 93.1 cm³/mol. The van der Waals surface area contributed by atoms with Gasteiger partial charge in [-0.1, -0.05) is 0 Å². The predicted octanol–water partition coefficient (Wildman–Crippen LogP) is 0.879. The molecule has 1 heterocycles. The fourth-order valence-corrected chi connectivity index (χ4v) is 2.61. The fraction of sp³-hybridized carbons (Fsp3) is 0.529. The van der Waals surface area contributed by atoms with Gasteiger partial charge in [-0.15, -0.1) is 0 Å². The maximum atomic E-state index is 12.3. The minimum Gasteiger partial charge on any atom is -0.493 e. The Morgan fingerprint density at radius 2 is 2.00 bits per heavy atom. The number of anilines is 1. The van der Waals surface area contributed by atoms with Crippen molar-refractivity contribution in [3.05, 3.63) is 18.2 Å². The van der Waals surface area contributed by atoms with Gasteiger partial charge in [0, 0.05) is 24.7 Å². The number of benzene rings is 1. The summed E-state index contributed by atoms with van der Waals surface area (Å²) in [5.74, 6) is 1.03. The molecule has 0 aromatic heterocycles. The van der Waals surface area contributed by atoms with Gasteiger partial charge in [0.25, 0.3) is 0 Å². The molecule has 3 amide bonds. The summed E-state index contributed by atoms with van der Waals surface area (Å²) < 4.78 is 10.5. The summed E-state index contributed by atoms with van der Waals surface area (Å²) in [4.78, 5) is 25.9. The molecule has 0 bridgehead atoms. The van der Waals surface area contributed by atoms with Crippen LogP contribution in [0.15, 0.2) is 18.2 Å². The van der Waals surface area contributed by atoms with E-state index in [0.29, 0.717) is 23.7 Å². The largest absolute Gasteiger partial charge is 0.493 e. The third-order valence-electron chi connectivity index (χ3n) is 3.99. The Balaban J connectivity index is 2.04. The molecule has 25 heavy (non-hydrogen) atoms. The molecule has 1 aromatic carbocycles. The monoisotopic (exact) mass is 351 g/mol. The summed E-state index contributed by atoms with van der Waals surface area (Å²) in [5.41, 5.74) is -0.0431. The van der Waals surface area contributed by atoms with Crippen LogP contribution in [0.3, 0.4) is 0 Å². The molecule has 1 atom stereocenters. The van der Waals surface area contributed by atoms with Crippen molar-refractivity contribution < 1.29 is 24.2 Å². The molecule has 1 aromatic rings. The lowest BCUT2D eigenvalue weighted by Crippen LogP contribution is -2.53. The number of hydrogen-bond acceptors (Lipinski definition) is 5. The van der Waals surface area contributed by atoms with E-state index in [1.54, 1.807) is 44.1 Å². The molecule has 3 N–H and O–H groups in total. The summed E-state index contributed by atoms with van der Waals surface area (Å²) in [7, 11) is 3.08. The van der Waals surface area contributed by atoms with Gasteiger partial charge in [-0.3, -0.25) is 4.79 Å². The highest BCUT2D eigenvalue weighted by molar-refractivity contribution is 5.97. The van der Waals surface area contributed by atoms with Crippen molar-refractivity contribution in [3.63, 3.8) is 0 Å². The zero-order chi connectivity index (χ0) is 18.6. The third-order valence-corrected chi connectivity index (χ3v) is 3.99. The standard InChI is InChI=1S/C17H25N3O5/c1-17(2,10-21)19-16(23)18-11-7-15(22)20(9-11)12-5-6-13(24-3)14(8-12)25-4/h5-6,8,11,21H,7,9-10H2,1-4H3,(H2,18,19,23)/t11-/m1/s1. The van der Waals surface area contributed by atoms with Crippen molar-refractivity contribution in [3.8, 4) is 11.5 Å². The molecule has 1 aliphatic heterocycles. The van der Waals surface area contributed by atoms with Crippen molar-refractivity contribution in [1.29, 1.82) is 0 Å². The van der Waals surface area contributed by atoms with E-state index in [0.717, 1.165) is 0 Å². The highest BCUT2D eigenvalue weighted by Gasteiger charge is 2.32. The van der Waals surface area contributed by atoms with Crippen LogP contribution >= 0.6 is 0 Å². The first-order valence-electron chi connectivity index (χ1n) is 8.01. The van der Waals surface area contributed by atoms with Gasteiger partial charge in [-0.25, -0.2) is 4.79 Å². The van der Waals surface area contributed by atoms with Gasteiger partial charge >= 0.3 is 6.03 Å². The molecule has 2 rings (SSSR count). The maximum absolute atomic E-state index is 12.3. The number of methoxy groups -OCH3 is 2. The topological polar surface area (TPSA) is 100 Å². The molecular weight excluding hydrogens is 326 g/mol. The van der Waals surface area contributed by atoms with Crippen LogP contribution in [0.5, 0.6) is 11.5 Å². The average molecular weight is 351 g/mol. The fourth-order valence-electron chi connectivity index (χ4n) is 2.61. The molecule has 8 heteroatoms. The van der Waals surface area contributed by atoms with E-state index in [-0.39, 0.29) is 25.0 Å². The molecule has 1 saturated heterocycles. The van der Waals surface area contributed by atoms with E-state index in [1.165, 1.54) is 7.11 Å². The molecule has 0 radical (unpaired) electrons. The lowest BCUT2D eigenvalue weighted by atomic mass is 10.1. The van der Waals surface area contributed by atoms with Gasteiger partial charge in [0.1, 0.15) is 0 Å². The van der Waals surface area contributed by atoms with Crippen molar-refractivity contribution in [2.45, 2.75) is 31.8 Å². The number of aliphatic hydroxyl groups excluding tert-OH is 1. The molecular formula is C17H25N3O5. The van der Waals surface area contributed by atoms with Gasteiger partial charge in [0.15, 0.2) is 11.5 Å². The van der Waals surface area contributed by atoms with Gasteiger partial charge in [-0.2, -0.15) is 0 Å². The second kappa shape index (κ2) is 7.60. The quantitative estimate of drug-likeness (QED) is 0.706. The Morgan fingerprint density at radius 3 is 2.60 bits per heavy atom. The zero-order valence-electron chi connectivity index (χ0n) is 15.0. The van der Waals surface area contributed by atoms with Crippen LogP contribution in [-0.2, 0) is 4.79 Å². The van der Waals surface area contributed by atoms with E-state index in [2.05, 4.69) is 10.6 Å². The number of carbonyl (C=O) groups excluding carboxylic acids is 2. The first kappa shape index (κ1) is 18.9. The number of rotatable bonds is 6. The SMILES string of the molecule is COc1ccc(N2C[C@H](NC(=O)NC(C)(C)CO)CC2=O)cc1OC. The minimum atomic E-state index is -0.726. The Kier molecular flexibility index (Phi) is 5.73. The number of amides is 3. The number of carbonyl (C=O) groups is 2. The average Bonchev–Trinajstić information content (AvgIpc) is 2.93. The summed E-state index contributed by atoms with van der Waals surface area (Å²) in [6, 6.07) is 4.52. The van der Waals surface area contributed by atoms with Crippen molar-refractivity contribution in [2.75, 3.05) is 32.3 Å². The molecule has 1 fully saturated rings. The Bertz CT molecular complexity index is 647. The van der Waals surface area contributed by atoms with Crippen molar-refractivity contribution in [1.82, 2.24) is 10.6 Å². The van der Waals surface area contributed by atoms with E-state index in [1.807, 2.05) is 0 Å². The Hall–Kier alpha value is -2.48. The third kappa shape index (κ3) is 4.54. The second-order valence-corrected chi connectivity index (χ2v) is 6.59. The van der Waals surface area contributed by atoms with Gasteiger partial charge in [0.2, 0.25) is 5.91 Å². The van der Waals surface area contributed by atoms with Crippen LogP contribution in [0.25, 0.3) is 0 Å². The van der Waals surface area contributed by atoms with Crippen LogP contribution in [0.1, 0.15) is 20.3 Å². The molecule has 0 unspecified atom stereocenters. The Morgan fingerprint density at radius 1 is 1.32 bits per heavy atom. The summed E-state index contributed by atoms with van der Waals surface area (Å²) in [6.07, 6.45) is 0.210. The zero-order valence-corrected chi connectivity index (χ0v) is 15.0. The highest BCUT2D eigenvalue weighted by Crippen LogP contribution is 2.33. The number of nitrogens with one attached hydrogen (secondary N) is 2. The van der Waals surface area contributed by atoms with Gasteiger partial charge in [0.05, 0.1) is 32.4 Å². The normalized spacial score (nSPS) is 17.4. The molecule has 8 nitrogen and oxygen atoms in total. The summed E-state index contributed by atoms with van der Waals surface area (Å²) in [5, 5.41) is 14.6. The van der Waals surface area contributed by atoms with Crippen molar-refractivity contribution >= 4 is 17.6 Å². The first-order valence-corrected chi connectivity index (χ1v) is 8.01. The maximum Gasteiger partial charge on any atom is 0.315 e. The van der Waals surface area contributed by atoms with Crippen LogP contribution < -0.4 is 25.0 Å². The lowest BCUT2D eigenvalue weighted by molar-refractivity contribution is -0.117. The van der Waals surface area contributed by atoms with E-state index < -0.39 is 11.6 Å². The number of hydrogen-bond donors (Lipinski definition) is 3. The number of aliphatic hydroxyl groups is 1. The van der Waals surface area contributed by atoms with Gasteiger partial charge < -0.3 is 30.1 Å². The van der Waals surface area contributed by atoms with Crippen LogP contribution in [0, 0.1) is 0 Å². The van der Waals surface area contributed by atoms with Gasteiger partial charge in [-0.05, 0) is 26.0 Å². The summed E-state index contributed by atoms with van der Waals surface area (Å²) in [6.45, 7) is 3.60. The van der Waals surface area contributed by atoms with E-state index in [9.17, 15) is 14.7 Å². The molecule has 0 spiro atoms. The first-order chi connectivity index (χ1) is 11.8. The smallest absolute Gasteiger partial charge is 0.315 e. The number of urea groups is 1. The van der Waals surface area contributed by atoms with E-state index in [4.69, 9.17) is 9.47 Å². The van der Waals surface area contributed by atoms with Crippen LogP contribution in [-0.4, -0.2) is 56.0 Å². The van der Waals surface area contributed by atoms with E-state index >= 15 is 0 Å². The van der Waals surface area contributed by atoms with Crippen LogP contribution in [0.4, 0.5) is 10.5 Å². The molecule has 0 aliphatic carbocycles. The molecule has 1 aliphatic rings. The van der Waals surface area contributed by atoms with Crippen molar-refractivity contribution in [2.24, 2.45) is 0 Å². The minimum absolute atomic E-state index is 0.0843. The number of ether oxygens (including phenoxy) is 2.